The average molecular weight is 353 g/mol. The van der Waals surface area contributed by atoms with Gasteiger partial charge in [-0.25, -0.2) is 13.6 Å². The van der Waals surface area contributed by atoms with Crippen molar-refractivity contribution in [3.63, 3.8) is 0 Å². The van der Waals surface area contributed by atoms with Crippen LogP contribution in [-0.4, -0.2) is 26.9 Å². The minimum atomic E-state index is -3.65. The van der Waals surface area contributed by atoms with Crippen molar-refractivity contribution in [1.82, 2.24) is 10.6 Å². The predicted octanol–water partition coefficient (Wildman–Crippen LogP) is 1.65. The van der Waals surface area contributed by atoms with Crippen LogP contribution < -0.4 is 15.8 Å². The molecule has 0 spiro atoms. The lowest BCUT2D eigenvalue weighted by atomic mass is 10.1. The van der Waals surface area contributed by atoms with Gasteiger partial charge in [0, 0.05) is 25.6 Å². The first kappa shape index (κ1) is 18.9. The molecule has 2 rings (SSSR count). The van der Waals surface area contributed by atoms with E-state index in [1.165, 1.54) is 37.8 Å². The summed E-state index contributed by atoms with van der Waals surface area (Å²) in [6.07, 6.45) is 7.60. The van der Waals surface area contributed by atoms with Crippen molar-refractivity contribution < 1.29 is 13.2 Å². The van der Waals surface area contributed by atoms with Crippen LogP contribution in [0.2, 0.25) is 0 Å². The van der Waals surface area contributed by atoms with E-state index in [2.05, 4.69) is 10.6 Å². The normalized spacial score (nSPS) is 16.5. The molecule has 7 heteroatoms. The number of carbonyl (C=O) groups excluding carboxylic acids is 1. The summed E-state index contributed by atoms with van der Waals surface area (Å²) in [7, 11) is -3.65. The van der Waals surface area contributed by atoms with E-state index in [0.29, 0.717) is 25.6 Å². The zero-order valence-electron chi connectivity index (χ0n) is 14.0. The van der Waals surface area contributed by atoms with Crippen LogP contribution in [0.25, 0.3) is 0 Å². The summed E-state index contributed by atoms with van der Waals surface area (Å²) in [6.45, 7) is 1.18. The number of nitrogens with two attached hydrogens (primary N) is 1. The Hall–Kier alpha value is -1.44. The highest BCUT2D eigenvalue weighted by Gasteiger charge is 2.14. The number of hydrogen-bond donors (Lipinski definition) is 3. The predicted molar refractivity (Wildman–Crippen MR) is 93.8 cm³/mol. The van der Waals surface area contributed by atoms with Crippen LogP contribution in [0.15, 0.2) is 29.2 Å². The first-order chi connectivity index (χ1) is 11.4. The first-order valence-electron chi connectivity index (χ1n) is 8.57. The fourth-order valence-electron chi connectivity index (χ4n) is 2.96. The van der Waals surface area contributed by atoms with Gasteiger partial charge in [0.2, 0.25) is 15.9 Å². The Morgan fingerprint density at radius 2 is 1.71 bits per heavy atom. The largest absolute Gasteiger partial charge is 0.353 e. The smallest absolute Gasteiger partial charge is 0.238 e. The van der Waals surface area contributed by atoms with Gasteiger partial charge in [0.15, 0.2) is 0 Å². The highest BCUT2D eigenvalue weighted by atomic mass is 32.2. The summed E-state index contributed by atoms with van der Waals surface area (Å²) in [5.41, 5.74) is 0.951. The van der Waals surface area contributed by atoms with Crippen molar-refractivity contribution >= 4 is 15.9 Å². The number of nitrogens with one attached hydrogen (secondary N) is 2. The summed E-state index contributed by atoms with van der Waals surface area (Å²) in [4.78, 5) is 12.1. The van der Waals surface area contributed by atoms with Crippen LogP contribution >= 0.6 is 0 Å². The van der Waals surface area contributed by atoms with Crippen LogP contribution in [0.3, 0.4) is 0 Å². The molecule has 0 aliphatic heterocycles. The lowest BCUT2D eigenvalue weighted by Crippen LogP contribution is -2.35. The van der Waals surface area contributed by atoms with Crippen molar-refractivity contribution in [3.05, 3.63) is 29.8 Å². The van der Waals surface area contributed by atoms with Crippen LogP contribution in [0.1, 0.15) is 50.5 Å². The van der Waals surface area contributed by atoms with Gasteiger partial charge in [-0.3, -0.25) is 4.79 Å². The Labute approximate surface area is 144 Å². The standard InChI is InChI=1S/C17H27N3O3S/c18-24(22,23)16-9-7-14(8-10-16)13-19-12-11-17(21)20-15-5-3-1-2-4-6-15/h7-10,15,19H,1-6,11-13H2,(H,20,21)(H2,18,22,23). The molecule has 1 fully saturated rings. The van der Waals surface area contributed by atoms with Crippen LogP contribution in [0.4, 0.5) is 0 Å². The Bertz CT molecular complexity index is 621. The van der Waals surface area contributed by atoms with E-state index >= 15 is 0 Å². The van der Waals surface area contributed by atoms with E-state index in [0.717, 1.165) is 18.4 Å². The van der Waals surface area contributed by atoms with Gasteiger partial charge in [0.1, 0.15) is 0 Å². The van der Waals surface area contributed by atoms with Crippen molar-refractivity contribution in [1.29, 1.82) is 0 Å². The SMILES string of the molecule is NS(=O)(=O)c1ccc(CNCCC(=O)NC2CCCCCC2)cc1. The molecule has 1 aliphatic carbocycles. The van der Waals surface area contributed by atoms with Crippen molar-refractivity contribution in [2.75, 3.05) is 6.54 Å². The van der Waals surface area contributed by atoms with Gasteiger partial charge in [0.25, 0.3) is 0 Å². The van der Waals surface area contributed by atoms with Crippen LogP contribution in [-0.2, 0) is 21.4 Å². The Kier molecular flexibility index (Phi) is 7.20. The molecule has 1 aliphatic rings. The summed E-state index contributed by atoms with van der Waals surface area (Å²) >= 11 is 0. The van der Waals surface area contributed by atoms with Gasteiger partial charge in [-0.15, -0.1) is 0 Å². The number of rotatable bonds is 7. The lowest BCUT2D eigenvalue weighted by Gasteiger charge is -2.16. The summed E-state index contributed by atoms with van der Waals surface area (Å²) in [5.74, 6) is 0.0963. The molecule has 0 unspecified atom stereocenters. The quantitative estimate of drug-likeness (QED) is 0.512. The summed E-state index contributed by atoms with van der Waals surface area (Å²) < 4.78 is 22.4. The molecule has 0 radical (unpaired) electrons. The van der Waals surface area contributed by atoms with E-state index in [1.807, 2.05) is 0 Å². The molecule has 24 heavy (non-hydrogen) atoms. The molecule has 0 bridgehead atoms. The number of amides is 1. The molecule has 1 amide bonds. The van der Waals surface area contributed by atoms with Crippen LogP contribution in [0, 0.1) is 0 Å². The second kappa shape index (κ2) is 9.15. The number of hydrogen-bond acceptors (Lipinski definition) is 4. The van der Waals surface area contributed by atoms with E-state index in [4.69, 9.17) is 5.14 Å². The van der Waals surface area contributed by atoms with Gasteiger partial charge in [-0.05, 0) is 30.5 Å². The molecular formula is C17H27N3O3S. The first-order valence-corrected chi connectivity index (χ1v) is 10.1. The molecule has 0 atom stereocenters. The molecule has 6 nitrogen and oxygen atoms in total. The zero-order valence-corrected chi connectivity index (χ0v) is 14.8. The Balaban J connectivity index is 1.66. The fourth-order valence-corrected chi connectivity index (χ4v) is 3.47. The van der Waals surface area contributed by atoms with Gasteiger partial charge in [-0.1, -0.05) is 37.8 Å². The summed E-state index contributed by atoms with van der Waals surface area (Å²) in [6, 6.07) is 6.76. The van der Waals surface area contributed by atoms with Gasteiger partial charge in [0.05, 0.1) is 4.90 Å². The number of sulfonamides is 1. The van der Waals surface area contributed by atoms with E-state index < -0.39 is 10.0 Å². The Morgan fingerprint density at radius 3 is 2.29 bits per heavy atom. The van der Waals surface area contributed by atoms with Gasteiger partial charge < -0.3 is 10.6 Å². The monoisotopic (exact) mass is 353 g/mol. The molecule has 0 saturated heterocycles. The third-order valence-corrected chi connectivity index (χ3v) is 5.26. The minimum Gasteiger partial charge on any atom is -0.353 e. The van der Waals surface area contributed by atoms with Crippen molar-refractivity contribution in [2.24, 2.45) is 5.14 Å². The Morgan fingerprint density at radius 1 is 1.08 bits per heavy atom. The third-order valence-electron chi connectivity index (χ3n) is 4.33. The van der Waals surface area contributed by atoms with Gasteiger partial charge in [-0.2, -0.15) is 0 Å². The highest BCUT2D eigenvalue weighted by molar-refractivity contribution is 7.89. The molecule has 1 saturated carbocycles. The number of benzene rings is 1. The molecular weight excluding hydrogens is 326 g/mol. The van der Waals surface area contributed by atoms with Gasteiger partial charge >= 0.3 is 0 Å². The molecule has 4 N–H and O–H groups in total. The molecule has 0 aromatic heterocycles. The minimum absolute atomic E-state index is 0.0963. The van der Waals surface area contributed by atoms with Crippen molar-refractivity contribution in [3.8, 4) is 0 Å². The fraction of sp³-hybridized carbons (Fsp3) is 0.588. The zero-order chi connectivity index (χ0) is 17.4. The topological polar surface area (TPSA) is 101 Å². The third kappa shape index (κ3) is 6.59. The summed E-state index contributed by atoms with van der Waals surface area (Å²) in [5, 5.41) is 11.4. The van der Waals surface area contributed by atoms with E-state index in [1.54, 1.807) is 12.1 Å². The number of carbonyl (C=O) groups is 1. The second-order valence-corrected chi connectivity index (χ2v) is 7.93. The van der Waals surface area contributed by atoms with Crippen LogP contribution in [0.5, 0.6) is 0 Å². The maximum Gasteiger partial charge on any atom is 0.238 e. The maximum atomic E-state index is 12.0. The van der Waals surface area contributed by atoms with Crippen molar-refractivity contribution in [2.45, 2.75) is 62.4 Å². The number of primary sulfonamides is 1. The molecule has 1 aromatic rings. The second-order valence-electron chi connectivity index (χ2n) is 6.37. The molecule has 1 aromatic carbocycles. The highest BCUT2D eigenvalue weighted by Crippen LogP contribution is 2.17. The average Bonchev–Trinajstić information content (AvgIpc) is 2.80. The van der Waals surface area contributed by atoms with E-state index in [9.17, 15) is 13.2 Å². The lowest BCUT2D eigenvalue weighted by molar-refractivity contribution is -0.121. The maximum absolute atomic E-state index is 12.0. The molecule has 0 heterocycles. The molecule has 134 valence electrons. The van der Waals surface area contributed by atoms with E-state index in [-0.39, 0.29) is 10.8 Å².